The van der Waals surface area contributed by atoms with Crippen LogP contribution >= 0.6 is 0 Å². The van der Waals surface area contributed by atoms with Crippen LogP contribution in [0, 0.1) is 53.4 Å². The van der Waals surface area contributed by atoms with Crippen LogP contribution in [-0.4, -0.2) is 62.1 Å². The highest BCUT2D eigenvalue weighted by atomic mass is 16.2. The number of ketones is 6. The van der Waals surface area contributed by atoms with Crippen LogP contribution in [0.4, 0.5) is 0 Å². The first-order valence-electron chi connectivity index (χ1n) is 51.7. The molecule has 0 spiro atoms. The summed E-state index contributed by atoms with van der Waals surface area (Å²) in [5.41, 5.74) is 28.7. The number of fused-ring (bicyclic) bond motifs is 24. The van der Waals surface area contributed by atoms with Gasteiger partial charge >= 0.3 is 0 Å². The second-order valence-electron chi connectivity index (χ2n) is 37.7. The molecular weight excluding hydrogens is 1800 g/mol. The second kappa shape index (κ2) is 42.5. The zero-order valence-corrected chi connectivity index (χ0v) is 86.4. The molecule has 6 aromatic heterocycles. The number of rotatable bonds is 8. The molecule has 0 bridgehead atoms. The van der Waals surface area contributed by atoms with Gasteiger partial charge in [0.25, 0.3) is 0 Å². The highest BCUT2D eigenvalue weighted by molar-refractivity contribution is 6.31. The van der Waals surface area contributed by atoms with Gasteiger partial charge in [0.15, 0.2) is 34.7 Å². The van der Waals surface area contributed by atoms with Crippen LogP contribution in [0.15, 0.2) is 388 Å². The number of hydrogen-bond donors (Lipinski definition) is 0. The van der Waals surface area contributed by atoms with Gasteiger partial charge in [0.1, 0.15) is 0 Å². The number of benzene rings is 17. The van der Waals surface area contributed by atoms with E-state index < -0.39 is 0 Å². The molecule has 27 rings (SSSR count). The molecule has 2 unspecified atom stereocenters. The summed E-state index contributed by atoms with van der Waals surface area (Å²) in [4.78, 5) is 79.8. The minimum absolute atomic E-state index is 0.0489. The van der Waals surface area contributed by atoms with Gasteiger partial charge in [0, 0.05) is 226 Å². The first kappa shape index (κ1) is 98.8. The summed E-state index contributed by atoms with van der Waals surface area (Å²) in [6.45, 7) is 35.3. The number of hydrogen-bond acceptors (Lipinski definition) is 6. The summed E-state index contributed by atoms with van der Waals surface area (Å²) in [5, 5.41) is 15.6. The molecule has 17 aromatic carbocycles. The molecule has 728 valence electrons. The number of aryl methyl sites for hydroxylation is 10. The predicted octanol–water partition coefficient (Wildman–Crippen LogP) is 33.2. The van der Waals surface area contributed by atoms with Crippen molar-refractivity contribution in [1.82, 2.24) is 27.4 Å². The first-order chi connectivity index (χ1) is 71.8. The monoisotopic (exact) mass is 1920 g/mol. The molecule has 0 N–H and O–H groups in total. The number of nitrogens with zero attached hydrogens (tertiary/aromatic N) is 6. The van der Waals surface area contributed by atoms with Crippen LogP contribution in [0.1, 0.15) is 191 Å². The van der Waals surface area contributed by atoms with E-state index in [2.05, 4.69) is 298 Å². The van der Waals surface area contributed by atoms with Crippen molar-refractivity contribution >= 4 is 166 Å². The number of allylic oxidation sites excluding steroid dienone is 4. The van der Waals surface area contributed by atoms with E-state index in [1.165, 1.54) is 109 Å². The standard InChI is InChI=1S/2C29H21NO2.C17H16O2.4C14H13N.2C2H6/c2*1-17-14-15-18(2)26-25(17)28(31)22-11-7-8-19(27(22)29(26)32)16-30-23-12-5-3-9-20(23)21-10-4-6-13-24(21)30;1-9-5-4-6-12-13(9)17(19)15-11(3)8-7-10(2)14(15)16(12)18;4*1-2-15-13-9-5-3-7-11(13)12-8-4-6-10-14(12)15;2*1-2/h2*3-15H,16H2,1-2H3;4-8,12-13H,1-3H3;4*3-10H,2H2,1H3;2*1-2H3. The quantitative estimate of drug-likeness (QED) is 0.149. The van der Waals surface area contributed by atoms with Crippen LogP contribution in [0.2, 0.25) is 0 Å². The molecule has 0 aliphatic heterocycles. The van der Waals surface area contributed by atoms with Gasteiger partial charge in [-0.15, -0.1) is 0 Å². The minimum atomic E-state index is -0.314. The van der Waals surface area contributed by atoms with Crippen LogP contribution < -0.4 is 0 Å². The number of carbonyl (C=O) groups excluding carboxylic acids is 6. The number of carbonyl (C=O) groups is 6. The Morgan fingerprint density at radius 2 is 0.401 bits per heavy atom. The third kappa shape index (κ3) is 17.6. The van der Waals surface area contributed by atoms with Crippen molar-refractivity contribution in [2.45, 2.75) is 143 Å². The van der Waals surface area contributed by atoms with E-state index in [0.717, 1.165) is 98.3 Å². The van der Waals surface area contributed by atoms with E-state index in [-0.39, 0.29) is 46.5 Å². The van der Waals surface area contributed by atoms with Crippen LogP contribution in [0.25, 0.3) is 131 Å². The minimum Gasteiger partial charge on any atom is -0.341 e. The van der Waals surface area contributed by atoms with Gasteiger partial charge in [0.2, 0.25) is 0 Å². The fourth-order valence-electron chi connectivity index (χ4n) is 23.0. The fourth-order valence-corrected chi connectivity index (χ4v) is 23.0. The maximum atomic E-state index is 13.7. The Kier molecular flexibility index (Phi) is 28.6. The molecular formula is C135H122N6O6. The predicted molar refractivity (Wildman–Crippen MR) is 613 cm³/mol. The summed E-state index contributed by atoms with van der Waals surface area (Å²) < 4.78 is 14.0. The topological polar surface area (TPSA) is 132 Å². The van der Waals surface area contributed by atoms with Crippen molar-refractivity contribution in [3.8, 4) is 0 Å². The molecule has 12 nitrogen and oxygen atoms in total. The van der Waals surface area contributed by atoms with E-state index in [4.69, 9.17) is 0 Å². The summed E-state index contributed by atoms with van der Waals surface area (Å²) in [7, 11) is 0. The van der Waals surface area contributed by atoms with Gasteiger partial charge in [-0.05, 0) is 193 Å². The lowest BCUT2D eigenvalue weighted by molar-refractivity contribution is 0.0792. The van der Waals surface area contributed by atoms with Crippen molar-refractivity contribution in [2.75, 3.05) is 0 Å². The van der Waals surface area contributed by atoms with Gasteiger partial charge in [-0.25, -0.2) is 0 Å². The van der Waals surface area contributed by atoms with Crippen molar-refractivity contribution < 1.29 is 28.8 Å². The third-order valence-corrected chi connectivity index (χ3v) is 29.6. The SMILES string of the molecule is CC.CC.CC1=CC=CC2C(=O)c3c(C)ccc(C)c3C(=O)C12.CCn1c2ccccc2c2ccccc21.CCn1c2ccccc2c2ccccc21.CCn1c2ccccc2c2ccccc21.CCn1c2ccccc2c2ccccc21.Cc1ccc(C)c2c1C(=O)c1cccc(Cn3c4ccccc4c4ccccc43)c1C2=O.Cc1ccc(C)c2c1C(=O)c1cccc(Cn3c4ccccc4c4ccccc43)c1C2=O. The van der Waals surface area contributed by atoms with Gasteiger partial charge in [-0.1, -0.05) is 343 Å². The van der Waals surface area contributed by atoms with Crippen molar-refractivity contribution in [2.24, 2.45) is 11.8 Å². The lowest BCUT2D eigenvalue weighted by Gasteiger charge is -2.32. The highest BCUT2D eigenvalue weighted by Gasteiger charge is 2.44. The normalized spacial score (nSPS) is 13.5. The van der Waals surface area contributed by atoms with Crippen molar-refractivity contribution in [3.05, 3.63) is 488 Å². The first-order valence-corrected chi connectivity index (χ1v) is 51.7. The van der Waals surface area contributed by atoms with Crippen molar-refractivity contribution in [1.29, 1.82) is 0 Å². The van der Waals surface area contributed by atoms with Crippen molar-refractivity contribution in [3.63, 3.8) is 0 Å². The van der Waals surface area contributed by atoms with E-state index >= 15 is 0 Å². The molecule has 0 amide bonds. The highest BCUT2D eigenvalue weighted by Crippen LogP contribution is 2.44. The molecule has 147 heavy (non-hydrogen) atoms. The van der Waals surface area contributed by atoms with Crippen LogP contribution in [-0.2, 0) is 39.3 Å². The summed E-state index contributed by atoms with van der Waals surface area (Å²) in [6, 6.07) is 125. The van der Waals surface area contributed by atoms with E-state index in [0.29, 0.717) is 68.7 Å². The molecule has 2 atom stereocenters. The van der Waals surface area contributed by atoms with Gasteiger partial charge in [-0.3, -0.25) is 28.8 Å². The Hall–Kier alpha value is -17.0. The number of aromatic nitrogens is 6. The average molecular weight is 1920 g/mol. The Labute approximate surface area is 858 Å². The molecule has 6 heterocycles. The molecule has 12 heteroatoms. The molecule has 0 fully saturated rings. The Balaban J connectivity index is 0.000000110. The lowest BCUT2D eigenvalue weighted by Crippen LogP contribution is -2.38. The van der Waals surface area contributed by atoms with Gasteiger partial charge in [-0.2, -0.15) is 0 Å². The zero-order chi connectivity index (χ0) is 103. The maximum absolute atomic E-state index is 13.7. The van der Waals surface area contributed by atoms with E-state index in [1.54, 1.807) is 12.1 Å². The zero-order valence-electron chi connectivity index (χ0n) is 86.4. The molecule has 4 aliphatic carbocycles. The molecule has 23 aromatic rings. The fraction of sp³-hybridized carbons (Fsp3) is 0.170. The Bertz CT molecular complexity index is 8200. The molecule has 0 saturated carbocycles. The van der Waals surface area contributed by atoms with Crippen LogP contribution in [0.5, 0.6) is 0 Å². The Morgan fingerprint density at radius 1 is 0.204 bits per heavy atom. The van der Waals surface area contributed by atoms with Crippen LogP contribution in [0.3, 0.4) is 0 Å². The smallest absolute Gasteiger partial charge is 0.195 e. The third-order valence-electron chi connectivity index (χ3n) is 29.6. The maximum Gasteiger partial charge on any atom is 0.195 e. The summed E-state index contributed by atoms with van der Waals surface area (Å²) in [6.07, 6.45) is 5.68. The Morgan fingerprint density at radius 3 is 0.626 bits per heavy atom. The molecule has 4 aliphatic rings. The summed E-state index contributed by atoms with van der Waals surface area (Å²) >= 11 is 0. The average Bonchev–Trinajstić information content (AvgIpc) is 1.45. The van der Waals surface area contributed by atoms with E-state index in [9.17, 15) is 28.8 Å². The molecule has 0 radical (unpaired) electrons. The molecule has 0 saturated heterocycles. The van der Waals surface area contributed by atoms with Gasteiger partial charge in [0.05, 0.1) is 11.8 Å². The number of Topliss-reactive ketones (excluding diaryl/α,β-unsaturated/α-hetero) is 2. The largest absolute Gasteiger partial charge is 0.341 e. The van der Waals surface area contributed by atoms with Gasteiger partial charge < -0.3 is 27.4 Å². The van der Waals surface area contributed by atoms with E-state index in [1.807, 2.05) is 204 Å². The lowest BCUT2D eigenvalue weighted by atomic mass is 9.68. The number of para-hydroxylation sites is 12. The summed E-state index contributed by atoms with van der Waals surface area (Å²) in [5.74, 6) is -0.640. The second-order valence-corrected chi connectivity index (χ2v) is 37.7.